The summed E-state index contributed by atoms with van der Waals surface area (Å²) in [5, 5.41) is 8.17. The lowest BCUT2D eigenvalue weighted by Crippen LogP contribution is -2.24. The minimum absolute atomic E-state index is 0.0938. The number of hydrogen-bond acceptors (Lipinski definition) is 6. The molecule has 100 valence electrons. The molecule has 0 aliphatic heterocycles. The van der Waals surface area contributed by atoms with Gasteiger partial charge in [0.1, 0.15) is 0 Å². The summed E-state index contributed by atoms with van der Waals surface area (Å²) in [5.41, 5.74) is 0.785. The third-order valence-electron chi connectivity index (χ3n) is 2.22. The Morgan fingerprint density at radius 2 is 1.95 bits per heavy atom. The van der Waals surface area contributed by atoms with Crippen molar-refractivity contribution in [3.8, 4) is 0 Å². The second-order valence-corrected chi connectivity index (χ2v) is 5.17. The SMILES string of the molecule is O=CNc1nonc1S(=O)(=O)NCc1ccccc1. The molecule has 1 heterocycles. The molecule has 2 aromatic rings. The monoisotopic (exact) mass is 282 g/mol. The number of carbonyl (C=O) groups excluding carboxylic acids is 1. The van der Waals surface area contributed by atoms with Crippen molar-refractivity contribution in [2.75, 3.05) is 5.32 Å². The van der Waals surface area contributed by atoms with Crippen LogP contribution in [0.25, 0.3) is 0 Å². The van der Waals surface area contributed by atoms with E-state index in [9.17, 15) is 13.2 Å². The van der Waals surface area contributed by atoms with Crippen LogP contribution in [0.4, 0.5) is 5.82 Å². The maximum atomic E-state index is 11.9. The number of amides is 1. The molecule has 19 heavy (non-hydrogen) atoms. The maximum Gasteiger partial charge on any atom is 0.265 e. The van der Waals surface area contributed by atoms with E-state index in [1.807, 2.05) is 6.07 Å². The molecular weight excluding hydrogens is 272 g/mol. The average molecular weight is 282 g/mol. The Bertz CT molecular complexity index is 653. The molecule has 0 bridgehead atoms. The minimum atomic E-state index is -3.91. The highest BCUT2D eigenvalue weighted by Gasteiger charge is 2.24. The zero-order valence-corrected chi connectivity index (χ0v) is 10.4. The summed E-state index contributed by atoms with van der Waals surface area (Å²) < 4.78 is 30.5. The first-order valence-electron chi connectivity index (χ1n) is 5.20. The van der Waals surface area contributed by atoms with Gasteiger partial charge in [0.25, 0.3) is 15.0 Å². The van der Waals surface area contributed by atoms with Crippen molar-refractivity contribution in [3.05, 3.63) is 35.9 Å². The van der Waals surface area contributed by atoms with Crippen molar-refractivity contribution in [2.45, 2.75) is 11.6 Å². The highest BCUT2D eigenvalue weighted by molar-refractivity contribution is 7.89. The summed E-state index contributed by atoms with van der Waals surface area (Å²) in [6.45, 7) is 0.0938. The van der Waals surface area contributed by atoms with E-state index in [4.69, 9.17) is 0 Å². The molecule has 0 radical (unpaired) electrons. The first-order chi connectivity index (χ1) is 9.13. The molecular formula is C10H10N4O4S. The highest BCUT2D eigenvalue weighted by atomic mass is 32.2. The number of nitrogens with zero attached hydrogens (tertiary/aromatic N) is 2. The summed E-state index contributed by atoms with van der Waals surface area (Å²) in [6, 6.07) is 8.95. The van der Waals surface area contributed by atoms with Crippen molar-refractivity contribution >= 4 is 22.3 Å². The quantitative estimate of drug-likeness (QED) is 0.727. The van der Waals surface area contributed by atoms with Crippen LogP contribution in [0, 0.1) is 0 Å². The molecule has 0 saturated carbocycles. The molecule has 8 nitrogen and oxygen atoms in total. The van der Waals surface area contributed by atoms with Gasteiger partial charge in [-0.2, -0.15) is 0 Å². The second kappa shape index (κ2) is 5.59. The van der Waals surface area contributed by atoms with Crippen LogP contribution in [-0.4, -0.2) is 25.1 Å². The summed E-state index contributed by atoms with van der Waals surface area (Å²) >= 11 is 0. The number of aromatic nitrogens is 2. The lowest BCUT2D eigenvalue weighted by molar-refractivity contribution is -0.105. The van der Waals surface area contributed by atoms with Gasteiger partial charge in [-0.15, -0.1) is 0 Å². The van der Waals surface area contributed by atoms with Crippen LogP contribution in [0.5, 0.6) is 0 Å². The molecule has 1 aromatic heterocycles. The van der Waals surface area contributed by atoms with Crippen molar-refractivity contribution < 1.29 is 17.8 Å². The predicted molar refractivity (Wildman–Crippen MR) is 64.5 cm³/mol. The standard InChI is InChI=1S/C10H10N4O4S/c15-7-11-9-10(14-18-13-9)19(16,17)12-6-8-4-2-1-3-5-8/h1-5,7,12H,6H2,(H,11,13,15). The number of sulfonamides is 1. The van der Waals surface area contributed by atoms with Crippen LogP contribution >= 0.6 is 0 Å². The van der Waals surface area contributed by atoms with Gasteiger partial charge >= 0.3 is 0 Å². The molecule has 0 fully saturated rings. The van der Waals surface area contributed by atoms with Gasteiger partial charge in [-0.05, 0) is 15.9 Å². The molecule has 0 saturated heterocycles. The summed E-state index contributed by atoms with van der Waals surface area (Å²) in [6.07, 6.45) is 0.287. The van der Waals surface area contributed by atoms with E-state index in [2.05, 4.69) is 25.0 Å². The van der Waals surface area contributed by atoms with E-state index >= 15 is 0 Å². The Kier molecular flexibility index (Phi) is 3.88. The Morgan fingerprint density at radius 3 is 2.63 bits per heavy atom. The Morgan fingerprint density at radius 1 is 1.21 bits per heavy atom. The fourth-order valence-corrected chi connectivity index (χ4v) is 2.32. The van der Waals surface area contributed by atoms with Crippen molar-refractivity contribution in [1.82, 2.24) is 15.0 Å². The van der Waals surface area contributed by atoms with Crippen LogP contribution in [0.3, 0.4) is 0 Å². The highest BCUT2D eigenvalue weighted by Crippen LogP contribution is 2.15. The molecule has 0 atom stereocenters. The predicted octanol–water partition coefficient (Wildman–Crippen LogP) is 0.116. The van der Waals surface area contributed by atoms with Gasteiger partial charge in [-0.3, -0.25) is 4.79 Å². The molecule has 0 unspecified atom stereocenters. The third-order valence-corrected chi connectivity index (χ3v) is 3.52. The van der Waals surface area contributed by atoms with Gasteiger partial charge in [0.2, 0.25) is 12.2 Å². The van der Waals surface area contributed by atoms with E-state index in [-0.39, 0.29) is 18.8 Å². The summed E-state index contributed by atoms with van der Waals surface area (Å²) in [5.74, 6) is -0.254. The van der Waals surface area contributed by atoms with E-state index in [1.54, 1.807) is 24.3 Å². The largest absolute Gasteiger partial charge is 0.308 e. The number of benzene rings is 1. The molecule has 9 heteroatoms. The minimum Gasteiger partial charge on any atom is -0.308 e. The molecule has 1 amide bonds. The Labute approximate surface area is 108 Å². The fourth-order valence-electron chi connectivity index (χ4n) is 1.34. The Balaban J connectivity index is 2.14. The van der Waals surface area contributed by atoms with Crippen LogP contribution in [0.1, 0.15) is 5.56 Å². The van der Waals surface area contributed by atoms with Crippen LogP contribution in [0.15, 0.2) is 40.0 Å². The van der Waals surface area contributed by atoms with Gasteiger partial charge < -0.3 is 5.32 Å². The molecule has 2 rings (SSSR count). The van der Waals surface area contributed by atoms with E-state index in [0.717, 1.165) is 5.56 Å². The number of rotatable bonds is 6. The summed E-state index contributed by atoms with van der Waals surface area (Å²) in [4.78, 5) is 10.3. The molecule has 2 N–H and O–H groups in total. The van der Waals surface area contributed by atoms with Crippen molar-refractivity contribution in [3.63, 3.8) is 0 Å². The van der Waals surface area contributed by atoms with E-state index < -0.39 is 15.0 Å². The molecule has 0 aliphatic carbocycles. The number of nitrogens with one attached hydrogen (secondary N) is 2. The van der Waals surface area contributed by atoms with Crippen LogP contribution < -0.4 is 10.0 Å². The smallest absolute Gasteiger partial charge is 0.265 e. The summed E-state index contributed by atoms with van der Waals surface area (Å²) in [7, 11) is -3.91. The first-order valence-corrected chi connectivity index (χ1v) is 6.68. The molecule has 1 aromatic carbocycles. The van der Waals surface area contributed by atoms with Crippen LogP contribution in [0.2, 0.25) is 0 Å². The first kappa shape index (κ1) is 13.2. The zero-order valence-electron chi connectivity index (χ0n) is 9.61. The maximum absolute atomic E-state index is 11.9. The molecule has 0 spiro atoms. The van der Waals surface area contributed by atoms with Crippen LogP contribution in [-0.2, 0) is 21.4 Å². The Hall–Kier alpha value is -2.26. The lowest BCUT2D eigenvalue weighted by atomic mass is 10.2. The topological polar surface area (TPSA) is 114 Å². The van der Waals surface area contributed by atoms with Crippen molar-refractivity contribution in [1.29, 1.82) is 0 Å². The number of hydrogen-bond donors (Lipinski definition) is 2. The zero-order chi connectivity index (χ0) is 13.7. The fraction of sp³-hybridized carbons (Fsp3) is 0.100. The van der Waals surface area contributed by atoms with Gasteiger partial charge in [0, 0.05) is 6.54 Å². The number of carbonyl (C=O) groups is 1. The normalized spacial score (nSPS) is 11.2. The van der Waals surface area contributed by atoms with Gasteiger partial charge in [-0.1, -0.05) is 30.3 Å². The lowest BCUT2D eigenvalue weighted by Gasteiger charge is -2.04. The van der Waals surface area contributed by atoms with Gasteiger partial charge in [-0.25, -0.2) is 17.8 Å². The van der Waals surface area contributed by atoms with Gasteiger partial charge in [0.05, 0.1) is 0 Å². The van der Waals surface area contributed by atoms with E-state index in [0.29, 0.717) is 0 Å². The van der Waals surface area contributed by atoms with Gasteiger partial charge in [0.15, 0.2) is 0 Å². The number of anilines is 1. The third kappa shape index (κ3) is 3.14. The second-order valence-electron chi connectivity index (χ2n) is 3.49. The molecule has 0 aliphatic rings. The average Bonchev–Trinajstić information content (AvgIpc) is 2.87. The van der Waals surface area contributed by atoms with Crippen molar-refractivity contribution in [2.24, 2.45) is 0 Å². The van der Waals surface area contributed by atoms with E-state index in [1.165, 1.54) is 0 Å².